The minimum absolute atomic E-state index is 0.324. The SMILES string of the molecule is CN(C)Cc1cncc(-c2ccc3[nH]nc(-c4nc5c(-c6cccc(F)c6)nccc5[nH]4)c3c2F)c1. The number of halogens is 2. The van der Waals surface area contributed by atoms with Crippen LogP contribution in [-0.4, -0.2) is 49.1 Å². The van der Waals surface area contributed by atoms with Crippen LogP contribution in [0, 0.1) is 11.6 Å². The normalized spacial score (nSPS) is 11.7. The first kappa shape index (κ1) is 22.0. The number of nitrogens with zero attached hydrogens (tertiary/aromatic N) is 5. The van der Waals surface area contributed by atoms with Crippen LogP contribution in [0.3, 0.4) is 0 Å². The van der Waals surface area contributed by atoms with Crippen molar-refractivity contribution in [1.82, 2.24) is 35.0 Å². The fourth-order valence-corrected chi connectivity index (χ4v) is 4.45. The Bertz CT molecular complexity index is 1740. The average molecular weight is 482 g/mol. The van der Waals surface area contributed by atoms with Crippen molar-refractivity contribution in [2.45, 2.75) is 6.54 Å². The molecule has 0 fully saturated rings. The summed E-state index contributed by atoms with van der Waals surface area (Å²) in [5.41, 5.74) is 5.36. The molecule has 0 bridgehead atoms. The van der Waals surface area contributed by atoms with Gasteiger partial charge in [-0.3, -0.25) is 15.1 Å². The number of hydrogen-bond donors (Lipinski definition) is 2. The Hall–Kier alpha value is -4.50. The summed E-state index contributed by atoms with van der Waals surface area (Å²) < 4.78 is 29.8. The molecule has 4 heterocycles. The van der Waals surface area contributed by atoms with E-state index in [-0.39, 0.29) is 5.82 Å². The van der Waals surface area contributed by atoms with E-state index in [9.17, 15) is 4.39 Å². The van der Waals surface area contributed by atoms with Crippen LogP contribution < -0.4 is 0 Å². The molecule has 0 unspecified atom stereocenters. The molecule has 0 aliphatic carbocycles. The van der Waals surface area contributed by atoms with Crippen LogP contribution in [-0.2, 0) is 6.54 Å². The maximum atomic E-state index is 16.0. The van der Waals surface area contributed by atoms with E-state index in [0.29, 0.717) is 62.4 Å². The Balaban J connectivity index is 1.49. The number of aromatic nitrogens is 6. The minimum Gasteiger partial charge on any atom is -0.336 e. The van der Waals surface area contributed by atoms with Gasteiger partial charge < -0.3 is 9.88 Å². The first-order chi connectivity index (χ1) is 17.5. The molecule has 2 aromatic carbocycles. The number of H-pyrrole nitrogens is 2. The average Bonchev–Trinajstić information content (AvgIpc) is 3.48. The second-order valence-electron chi connectivity index (χ2n) is 8.89. The fourth-order valence-electron chi connectivity index (χ4n) is 4.45. The van der Waals surface area contributed by atoms with Crippen molar-refractivity contribution in [1.29, 1.82) is 0 Å². The molecule has 0 saturated heterocycles. The lowest BCUT2D eigenvalue weighted by Gasteiger charge is -2.11. The summed E-state index contributed by atoms with van der Waals surface area (Å²) in [4.78, 5) is 18.7. The Labute approximate surface area is 204 Å². The predicted octanol–water partition coefficient (Wildman–Crippen LogP) is 5.57. The molecule has 0 spiro atoms. The highest BCUT2D eigenvalue weighted by molar-refractivity contribution is 5.98. The number of fused-ring (bicyclic) bond motifs is 2. The molecule has 178 valence electrons. The zero-order valence-corrected chi connectivity index (χ0v) is 19.5. The highest BCUT2D eigenvalue weighted by atomic mass is 19.1. The van der Waals surface area contributed by atoms with E-state index in [0.717, 1.165) is 5.56 Å². The number of pyridine rings is 2. The van der Waals surface area contributed by atoms with Gasteiger partial charge in [-0.15, -0.1) is 0 Å². The van der Waals surface area contributed by atoms with Gasteiger partial charge in [-0.1, -0.05) is 12.1 Å². The van der Waals surface area contributed by atoms with Crippen molar-refractivity contribution >= 4 is 21.9 Å². The molecule has 0 amide bonds. The number of hydrogen-bond acceptors (Lipinski definition) is 5. The lowest BCUT2D eigenvalue weighted by atomic mass is 10.0. The molecule has 6 rings (SSSR count). The highest BCUT2D eigenvalue weighted by Crippen LogP contribution is 2.35. The summed E-state index contributed by atoms with van der Waals surface area (Å²) in [7, 11) is 3.94. The van der Waals surface area contributed by atoms with Gasteiger partial charge in [0.1, 0.15) is 22.8 Å². The second-order valence-corrected chi connectivity index (χ2v) is 8.89. The quantitative estimate of drug-likeness (QED) is 0.336. The molecule has 6 aromatic rings. The number of benzene rings is 2. The molecule has 0 aliphatic heterocycles. The van der Waals surface area contributed by atoms with Gasteiger partial charge in [0.2, 0.25) is 0 Å². The predicted molar refractivity (Wildman–Crippen MR) is 135 cm³/mol. The number of aromatic amines is 2. The summed E-state index contributed by atoms with van der Waals surface area (Å²) in [6.07, 6.45) is 5.06. The van der Waals surface area contributed by atoms with Gasteiger partial charge in [0.25, 0.3) is 0 Å². The summed E-state index contributed by atoms with van der Waals surface area (Å²) in [6.45, 7) is 0.697. The lowest BCUT2D eigenvalue weighted by molar-refractivity contribution is 0.402. The van der Waals surface area contributed by atoms with Gasteiger partial charge in [-0.2, -0.15) is 5.10 Å². The van der Waals surface area contributed by atoms with E-state index in [2.05, 4.69) is 25.1 Å². The Kier molecular flexibility index (Phi) is 5.26. The molecule has 0 aliphatic rings. The van der Waals surface area contributed by atoms with Crippen molar-refractivity contribution in [2.24, 2.45) is 0 Å². The molecule has 36 heavy (non-hydrogen) atoms. The number of rotatable bonds is 5. The van der Waals surface area contributed by atoms with Crippen molar-refractivity contribution < 1.29 is 8.78 Å². The van der Waals surface area contributed by atoms with E-state index in [4.69, 9.17) is 4.98 Å². The summed E-state index contributed by atoms with van der Waals surface area (Å²) >= 11 is 0. The Morgan fingerprint density at radius 3 is 2.64 bits per heavy atom. The topological polar surface area (TPSA) is 86.4 Å². The van der Waals surface area contributed by atoms with Gasteiger partial charge in [0.15, 0.2) is 5.82 Å². The van der Waals surface area contributed by atoms with Crippen molar-refractivity contribution in [2.75, 3.05) is 14.1 Å². The summed E-state index contributed by atoms with van der Waals surface area (Å²) in [5.74, 6) is -0.388. The maximum absolute atomic E-state index is 16.0. The van der Waals surface area contributed by atoms with E-state index in [1.165, 1.54) is 12.1 Å². The molecule has 4 aromatic heterocycles. The van der Waals surface area contributed by atoms with Crippen LogP contribution >= 0.6 is 0 Å². The first-order valence-electron chi connectivity index (χ1n) is 11.3. The van der Waals surface area contributed by atoms with Gasteiger partial charge >= 0.3 is 0 Å². The van der Waals surface area contributed by atoms with Gasteiger partial charge in [-0.25, -0.2) is 13.8 Å². The van der Waals surface area contributed by atoms with E-state index >= 15 is 4.39 Å². The first-order valence-corrected chi connectivity index (χ1v) is 11.3. The summed E-state index contributed by atoms with van der Waals surface area (Å²) in [5, 5.41) is 7.60. The third kappa shape index (κ3) is 3.79. The smallest absolute Gasteiger partial charge is 0.159 e. The fraction of sp³-hybridized carbons (Fsp3) is 0.111. The van der Waals surface area contributed by atoms with Gasteiger partial charge in [0, 0.05) is 41.8 Å². The van der Waals surface area contributed by atoms with Crippen LogP contribution in [0.4, 0.5) is 8.78 Å². The second kappa shape index (κ2) is 8.62. The molecule has 7 nitrogen and oxygen atoms in total. The largest absolute Gasteiger partial charge is 0.336 e. The van der Waals surface area contributed by atoms with Crippen LogP contribution in [0.5, 0.6) is 0 Å². The van der Waals surface area contributed by atoms with Crippen molar-refractivity contribution in [3.8, 4) is 33.9 Å². The highest BCUT2D eigenvalue weighted by Gasteiger charge is 2.21. The molecular formula is C27H21F2N7. The summed E-state index contributed by atoms with van der Waals surface area (Å²) in [6, 6.07) is 13.4. The zero-order valence-electron chi connectivity index (χ0n) is 19.5. The number of nitrogens with one attached hydrogen (secondary N) is 2. The van der Waals surface area contributed by atoms with Crippen LogP contribution in [0.15, 0.2) is 67.1 Å². The number of imidazole rings is 1. The Morgan fingerprint density at radius 2 is 1.81 bits per heavy atom. The monoisotopic (exact) mass is 481 g/mol. The van der Waals surface area contributed by atoms with Crippen molar-refractivity contribution in [3.05, 3.63) is 84.3 Å². The van der Waals surface area contributed by atoms with Gasteiger partial charge in [0.05, 0.1) is 22.1 Å². The van der Waals surface area contributed by atoms with Crippen LogP contribution in [0.1, 0.15) is 5.56 Å². The van der Waals surface area contributed by atoms with E-state index in [1.807, 2.05) is 25.1 Å². The molecule has 0 saturated carbocycles. The van der Waals surface area contributed by atoms with Crippen LogP contribution in [0.2, 0.25) is 0 Å². The standard InChI is InChI=1S/C27H21F2N7/c1-36(2)14-15-10-17(13-30-12-15)19-6-7-20-22(23(19)29)26(35-34-20)27-32-21-8-9-31-24(25(21)33-27)16-4-3-5-18(28)11-16/h3-13H,14H2,1-2H3,(H,32,33)(H,34,35). The third-order valence-electron chi connectivity index (χ3n) is 5.99. The van der Waals surface area contributed by atoms with Crippen LogP contribution in [0.25, 0.3) is 55.8 Å². The molecule has 0 radical (unpaired) electrons. The molecule has 9 heteroatoms. The third-order valence-corrected chi connectivity index (χ3v) is 5.99. The van der Waals surface area contributed by atoms with E-state index in [1.54, 1.807) is 48.9 Å². The molecule has 0 atom stereocenters. The van der Waals surface area contributed by atoms with Gasteiger partial charge in [-0.05, 0) is 56.1 Å². The lowest BCUT2D eigenvalue weighted by Crippen LogP contribution is -2.10. The Morgan fingerprint density at radius 1 is 0.917 bits per heavy atom. The zero-order chi connectivity index (χ0) is 24.8. The van der Waals surface area contributed by atoms with E-state index < -0.39 is 5.82 Å². The minimum atomic E-state index is -0.413. The molecule has 2 N–H and O–H groups in total. The van der Waals surface area contributed by atoms with Crippen molar-refractivity contribution in [3.63, 3.8) is 0 Å². The molecular weight excluding hydrogens is 460 g/mol. The maximum Gasteiger partial charge on any atom is 0.159 e.